The van der Waals surface area contributed by atoms with E-state index in [0.717, 1.165) is 11.1 Å². The van der Waals surface area contributed by atoms with E-state index in [0.29, 0.717) is 0 Å². The number of benzene rings is 2. The van der Waals surface area contributed by atoms with Crippen LogP contribution < -0.4 is 0 Å². The van der Waals surface area contributed by atoms with Gasteiger partial charge in [0.2, 0.25) is 0 Å². The Balaban J connectivity index is 2.10. The highest BCUT2D eigenvalue weighted by molar-refractivity contribution is 6.19. The van der Waals surface area contributed by atoms with Crippen molar-refractivity contribution >= 4 is 17.8 Å². The maximum absolute atomic E-state index is 12.1. The van der Waals surface area contributed by atoms with Crippen LogP contribution >= 0.6 is 0 Å². The van der Waals surface area contributed by atoms with Gasteiger partial charge in [-0.15, -0.1) is 0 Å². The lowest BCUT2D eigenvalue weighted by molar-refractivity contribution is -0.141. The first-order valence-corrected chi connectivity index (χ1v) is 6.65. The van der Waals surface area contributed by atoms with Crippen LogP contribution in [0.4, 0.5) is 0 Å². The molecule has 2 aromatic carbocycles. The van der Waals surface area contributed by atoms with Gasteiger partial charge < -0.3 is 4.74 Å². The highest BCUT2D eigenvalue weighted by Crippen LogP contribution is 2.11. The third kappa shape index (κ3) is 4.42. The van der Waals surface area contributed by atoms with Crippen molar-refractivity contribution in [3.8, 4) is 0 Å². The van der Waals surface area contributed by atoms with E-state index in [4.69, 9.17) is 4.74 Å². The van der Waals surface area contributed by atoms with Crippen molar-refractivity contribution in [3.63, 3.8) is 0 Å². The molecule has 2 aromatic rings. The number of carbonyl (C=O) groups is 2. The van der Waals surface area contributed by atoms with Crippen LogP contribution in [0, 0.1) is 0 Å². The van der Waals surface area contributed by atoms with Crippen molar-refractivity contribution in [2.45, 2.75) is 13.5 Å². The molecule has 0 aliphatic carbocycles. The van der Waals surface area contributed by atoms with Gasteiger partial charge in [0.25, 0.3) is 0 Å². The van der Waals surface area contributed by atoms with Gasteiger partial charge in [0, 0.05) is 0 Å². The lowest BCUT2D eigenvalue weighted by Gasteiger charge is -2.06. The minimum Gasteiger partial charge on any atom is -0.457 e. The van der Waals surface area contributed by atoms with E-state index in [1.165, 1.54) is 6.92 Å². The molecule has 0 spiro atoms. The van der Waals surface area contributed by atoms with Gasteiger partial charge >= 0.3 is 5.97 Å². The molecular weight excluding hydrogens is 264 g/mol. The standard InChI is InChI=1S/C18H16O3/c1-14(19)17(12-15-8-4-2-5-9-15)18(20)21-13-16-10-6-3-7-11-16/h2-12H,13H2,1H3. The van der Waals surface area contributed by atoms with Crippen LogP contribution in [0.1, 0.15) is 18.1 Å². The van der Waals surface area contributed by atoms with Crippen LogP contribution in [0.2, 0.25) is 0 Å². The van der Waals surface area contributed by atoms with Crippen molar-refractivity contribution < 1.29 is 14.3 Å². The van der Waals surface area contributed by atoms with E-state index in [2.05, 4.69) is 0 Å². The number of ketones is 1. The van der Waals surface area contributed by atoms with Crippen LogP contribution in [0.3, 0.4) is 0 Å². The first kappa shape index (κ1) is 14.7. The van der Waals surface area contributed by atoms with Crippen molar-refractivity contribution in [1.82, 2.24) is 0 Å². The number of hydrogen-bond acceptors (Lipinski definition) is 3. The zero-order chi connectivity index (χ0) is 15.1. The Kier molecular flexibility index (Phi) is 5.04. The number of hydrogen-bond donors (Lipinski definition) is 0. The Morgan fingerprint density at radius 1 is 0.952 bits per heavy atom. The summed E-state index contributed by atoms with van der Waals surface area (Å²) in [6, 6.07) is 18.6. The Morgan fingerprint density at radius 3 is 2.10 bits per heavy atom. The zero-order valence-electron chi connectivity index (χ0n) is 11.8. The van der Waals surface area contributed by atoms with Crippen molar-refractivity contribution in [2.24, 2.45) is 0 Å². The molecule has 106 valence electrons. The number of carbonyl (C=O) groups excluding carboxylic acids is 2. The van der Waals surface area contributed by atoms with Gasteiger partial charge in [-0.2, -0.15) is 0 Å². The summed E-state index contributed by atoms with van der Waals surface area (Å²) in [5.74, 6) is -0.910. The van der Waals surface area contributed by atoms with E-state index in [9.17, 15) is 9.59 Å². The van der Waals surface area contributed by atoms with Gasteiger partial charge in [0.15, 0.2) is 5.78 Å². The third-order valence-corrected chi connectivity index (χ3v) is 2.92. The second-order valence-electron chi connectivity index (χ2n) is 4.59. The summed E-state index contributed by atoms with van der Waals surface area (Å²) in [5, 5.41) is 0. The molecule has 0 fully saturated rings. The Bertz CT molecular complexity index is 643. The largest absolute Gasteiger partial charge is 0.457 e. The highest BCUT2D eigenvalue weighted by atomic mass is 16.5. The molecule has 0 heterocycles. The molecule has 0 atom stereocenters. The minimum absolute atomic E-state index is 0.0529. The average molecular weight is 280 g/mol. The van der Waals surface area contributed by atoms with Gasteiger partial charge in [0.05, 0.1) is 0 Å². The van der Waals surface area contributed by atoms with Crippen LogP contribution in [0.5, 0.6) is 0 Å². The first-order valence-electron chi connectivity index (χ1n) is 6.65. The summed E-state index contributed by atoms with van der Waals surface area (Å²) in [4.78, 5) is 23.7. The van der Waals surface area contributed by atoms with E-state index in [1.807, 2.05) is 60.7 Å². The zero-order valence-corrected chi connectivity index (χ0v) is 11.8. The normalized spacial score (nSPS) is 11.0. The summed E-state index contributed by atoms with van der Waals surface area (Å²) < 4.78 is 5.20. The van der Waals surface area contributed by atoms with E-state index in [-0.39, 0.29) is 18.0 Å². The van der Waals surface area contributed by atoms with Crippen molar-refractivity contribution in [2.75, 3.05) is 0 Å². The summed E-state index contributed by atoms with van der Waals surface area (Å²) in [6.45, 7) is 1.51. The fourth-order valence-electron chi connectivity index (χ4n) is 1.82. The molecule has 2 rings (SSSR count). The molecule has 0 bridgehead atoms. The van der Waals surface area contributed by atoms with Crippen molar-refractivity contribution in [3.05, 3.63) is 77.4 Å². The number of rotatable bonds is 5. The van der Waals surface area contributed by atoms with Gasteiger partial charge in [-0.05, 0) is 24.1 Å². The van der Waals surface area contributed by atoms with Crippen molar-refractivity contribution in [1.29, 1.82) is 0 Å². The summed E-state index contributed by atoms with van der Waals surface area (Å²) >= 11 is 0. The molecule has 0 saturated carbocycles. The fourth-order valence-corrected chi connectivity index (χ4v) is 1.82. The maximum Gasteiger partial charge on any atom is 0.342 e. The first-order chi connectivity index (χ1) is 10.2. The fraction of sp³-hybridized carbons (Fsp3) is 0.111. The molecule has 3 nitrogen and oxygen atoms in total. The number of Topliss-reactive ketones (excluding diaryl/α,β-unsaturated/α-hetero) is 1. The van der Waals surface area contributed by atoms with E-state index in [1.54, 1.807) is 6.08 Å². The Labute approximate surface area is 123 Å². The van der Waals surface area contributed by atoms with Gasteiger partial charge in [-0.3, -0.25) is 4.79 Å². The minimum atomic E-state index is -0.602. The molecule has 0 radical (unpaired) electrons. The van der Waals surface area contributed by atoms with E-state index >= 15 is 0 Å². The monoisotopic (exact) mass is 280 g/mol. The molecule has 0 N–H and O–H groups in total. The second kappa shape index (κ2) is 7.20. The van der Waals surface area contributed by atoms with Crippen LogP contribution in [0.25, 0.3) is 6.08 Å². The van der Waals surface area contributed by atoms with Gasteiger partial charge in [-0.25, -0.2) is 4.79 Å². The summed E-state index contributed by atoms with van der Waals surface area (Å²) in [5.41, 5.74) is 1.73. The quantitative estimate of drug-likeness (QED) is 0.365. The second-order valence-corrected chi connectivity index (χ2v) is 4.59. The number of esters is 1. The predicted molar refractivity (Wildman–Crippen MR) is 81.3 cm³/mol. The maximum atomic E-state index is 12.1. The van der Waals surface area contributed by atoms with Gasteiger partial charge in [0.1, 0.15) is 12.2 Å². The molecule has 0 unspecified atom stereocenters. The lowest BCUT2D eigenvalue weighted by Crippen LogP contribution is -2.13. The van der Waals surface area contributed by atoms with Crippen LogP contribution in [0.15, 0.2) is 66.2 Å². The molecule has 0 aliphatic rings. The molecule has 0 amide bonds. The van der Waals surface area contributed by atoms with Gasteiger partial charge in [-0.1, -0.05) is 60.7 Å². The molecule has 3 heteroatoms. The van der Waals surface area contributed by atoms with E-state index < -0.39 is 5.97 Å². The highest BCUT2D eigenvalue weighted by Gasteiger charge is 2.16. The smallest absolute Gasteiger partial charge is 0.342 e. The lowest BCUT2D eigenvalue weighted by atomic mass is 10.1. The summed E-state index contributed by atoms with van der Waals surface area (Å²) in [6.07, 6.45) is 1.55. The summed E-state index contributed by atoms with van der Waals surface area (Å²) in [7, 11) is 0. The number of ether oxygens (including phenoxy) is 1. The predicted octanol–water partition coefficient (Wildman–Crippen LogP) is 3.40. The SMILES string of the molecule is CC(=O)C(=Cc1ccccc1)C(=O)OCc1ccccc1. The topological polar surface area (TPSA) is 43.4 Å². The molecule has 0 saturated heterocycles. The molecule has 0 aromatic heterocycles. The molecular formula is C18H16O3. The molecule has 0 aliphatic heterocycles. The molecule has 21 heavy (non-hydrogen) atoms. The Hall–Kier alpha value is -2.68. The van der Waals surface area contributed by atoms with Crippen LogP contribution in [-0.4, -0.2) is 11.8 Å². The Morgan fingerprint density at radius 2 is 1.52 bits per heavy atom. The average Bonchev–Trinajstić information content (AvgIpc) is 2.52. The van der Waals surface area contributed by atoms with Crippen LogP contribution in [-0.2, 0) is 20.9 Å². The third-order valence-electron chi connectivity index (χ3n) is 2.92.